The Morgan fingerprint density at radius 2 is 1.22 bits per heavy atom. The van der Waals surface area contributed by atoms with E-state index in [9.17, 15) is 27.7 Å². The molecule has 0 spiro atoms. The first-order valence-electron chi connectivity index (χ1n) is 11.5. The molecule has 0 fully saturated rings. The summed E-state index contributed by atoms with van der Waals surface area (Å²) in [6.45, 7) is 4.53. The zero-order valence-corrected chi connectivity index (χ0v) is 21.0. The van der Waals surface area contributed by atoms with Crippen molar-refractivity contribution in [2.24, 2.45) is 0 Å². The van der Waals surface area contributed by atoms with Gasteiger partial charge in [0.05, 0.1) is 16.8 Å². The van der Waals surface area contributed by atoms with Crippen LogP contribution in [0.5, 0.6) is 23.5 Å². The molecular weight excluding hydrogens is 552 g/mol. The van der Waals surface area contributed by atoms with Crippen LogP contribution in [0.4, 0.5) is 40.6 Å². The Bertz CT molecular complexity index is 1460. The Morgan fingerprint density at radius 3 is 1.66 bits per heavy atom. The van der Waals surface area contributed by atoms with Gasteiger partial charge in [-0.15, -0.1) is 0 Å². The van der Waals surface area contributed by atoms with E-state index in [1.807, 2.05) is 6.92 Å². The van der Waals surface area contributed by atoms with Crippen LogP contribution in [0.15, 0.2) is 48.8 Å². The summed E-state index contributed by atoms with van der Waals surface area (Å²) in [5.41, 5.74) is 5.60. The van der Waals surface area contributed by atoms with Crippen LogP contribution in [0, 0.1) is 33.4 Å². The second-order valence-corrected chi connectivity index (χ2v) is 7.47. The van der Waals surface area contributed by atoms with Crippen molar-refractivity contribution in [1.82, 2.24) is 19.9 Å². The van der Waals surface area contributed by atoms with Crippen molar-refractivity contribution in [2.45, 2.75) is 21.3 Å². The highest BCUT2D eigenvalue weighted by Crippen LogP contribution is 2.29. The number of nitrogen functional groups attached to an aromatic ring is 1. The summed E-state index contributed by atoms with van der Waals surface area (Å²) >= 11 is 0. The lowest BCUT2D eigenvalue weighted by molar-refractivity contribution is -0.384. The molecule has 0 radical (unpaired) electrons. The first-order valence-corrected chi connectivity index (χ1v) is 11.5. The second kappa shape index (κ2) is 14.8. The van der Waals surface area contributed by atoms with Crippen LogP contribution >= 0.6 is 0 Å². The Balaban J connectivity index is 0.000000281. The molecule has 0 saturated carbocycles. The molecule has 2 heterocycles. The standard InChI is InChI=1S/C12H10F2N4O3.C12H12F2N4O.CH4/c1-2-15-11-9(18(19)20)6-16-12(17-11)21-10-7(13)4-3-5-8(10)14;1-2-16-11-9(15)6-17-12(18-11)19-10-7(13)4-3-5-8(10)14;/h3-6H,2H2,1H3,(H,15,16,17);3-6H,2,15H2,1H3,(H,16,17,18);1H4. The Labute approximate surface area is 231 Å². The Hall–Kier alpha value is -5.28. The quantitative estimate of drug-likeness (QED) is 0.120. The predicted octanol–water partition coefficient (Wildman–Crippen LogP) is 6.08. The van der Waals surface area contributed by atoms with E-state index in [-0.39, 0.29) is 24.9 Å². The molecule has 2 aromatic heterocycles. The zero-order chi connectivity index (χ0) is 29.2. The van der Waals surface area contributed by atoms with Crippen molar-refractivity contribution >= 4 is 23.0 Å². The lowest BCUT2D eigenvalue weighted by atomic mass is 10.3. The van der Waals surface area contributed by atoms with Gasteiger partial charge in [0, 0.05) is 13.1 Å². The van der Waals surface area contributed by atoms with Gasteiger partial charge in [-0.2, -0.15) is 15.0 Å². The number of aromatic nitrogens is 4. The fourth-order valence-corrected chi connectivity index (χ4v) is 2.92. The number of ether oxygens (including phenoxy) is 2. The highest BCUT2D eigenvalue weighted by atomic mass is 19.1. The molecule has 12 nitrogen and oxygen atoms in total. The minimum absolute atomic E-state index is 0. The van der Waals surface area contributed by atoms with Gasteiger partial charge >= 0.3 is 17.7 Å². The van der Waals surface area contributed by atoms with E-state index < -0.39 is 45.7 Å². The lowest BCUT2D eigenvalue weighted by Gasteiger charge is -2.09. The van der Waals surface area contributed by atoms with Gasteiger partial charge in [0.15, 0.2) is 29.1 Å². The van der Waals surface area contributed by atoms with Crippen LogP contribution in [0.3, 0.4) is 0 Å². The molecule has 2 aromatic carbocycles. The van der Waals surface area contributed by atoms with Crippen LogP contribution in [-0.4, -0.2) is 37.9 Å². The van der Waals surface area contributed by atoms with Crippen molar-refractivity contribution in [3.8, 4) is 23.5 Å². The third-order valence-electron chi connectivity index (χ3n) is 4.65. The molecule has 0 aliphatic rings. The largest absolute Gasteiger partial charge is 0.418 e. The molecule has 0 unspecified atom stereocenters. The van der Waals surface area contributed by atoms with Crippen LogP contribution < -0.4 is 25.8 Å². The van der Waals surface area contributed by atoms with Crippen molar-refractivity contribution in [3.05, 3.63) is 82.2 Å². The number of nitrogens with zero attached hydrogens (tertiary/aromatic N) is 5. The molecular formula is C25H26F4N8O4. The van der Waals surface area contributed by atoms with E-state index in [4.69, 9.17) is 15.2 Å². The molecule has 0 saturated heterocycles. The summed E-state index contributed by atoms with van der Waals surface area (Å²) in [4.78, 5) is 25.1. The average molecular weight is 579 g/mol. The van der Waals surface area contributed by atoms with Crippen molar-refractivity contribution in [3.63, 3.8) is 0 Å². The summed E-state index contributed by atoms with van der Waals surface area (Å²) in [6, 6.07) is 6.02. The van der Waals surface area contributed by atoms with Gasteiger partial charge in [-0.1, -0.05) is 19.6 Å². The predicted molar refractivity (Wildman–Crippen MR) is 143 cm³/mol. The highest BCUT2D eigenvalue weighted by Gasteiger charge is 2.19. The minimum atomic E-state index is -0.929. The van der Waals surface area contributed by atoms with Crippen molar-refractivity contribution in [2.75, 3.05) is 29.5 Å². The van der Waals surface area contributed by atoms with Gasteiger partial charge in [0.2, 0.25) is 17.3 Å². The van der Waals surface area contributed by atoms with Crippen LogP contribution in [0.1, 0.15) is 21.3 Å². The lowest BCUT2D eigenvalue weighted by Crippen LogP contribution is -2.06. The summed E-state index contributed by atoms with van der Waals surface area (Å²) < 4.78 is 63.6. The minimum Gasteiger partial charge on any atom is -0.418 e. The highest BCUT2D eigenvalue weighted by molar-refractivity contribution is 5.60. The molecule has 0 amide bonds. The van der Waals surface area contributed by atoms with E-state index in [1.54, 1.807) is 6.92 Å². The first kappa shape index (κ1) is 31.9. The third-order valence-corrected chi connectivity index (χ3v) is 4.65. The number of hydrogen-bond acceptors (Lipinski definition) is 11. The summed E-state index contributed by atoms with van der Waals surface area (Å²) in [7, 11) is 0. The number of halogens is 4. The van der Waals surface area contributed by atoms with Gasteiger partial charge < -0.3 is 25.8 Å². The molecule has 0 bridgehead atoms. The number of benzene rings is 2. The van der Waals surface area contributed by atoms with E-state index in [0.717, 1.165) is 30.5 Å². The smallest absolute Gasteiger partial charge is 0.329 e. The maximum atomic E-state index is 13.4. The van der Waals surface area contributed by atoms with E-state index in [1.165, 1.54) is 18.3 Å². The van der Waals surface area contributed by atoms with Crippen LogP contribution in [0.2, 0.25) is 0 Å². The summed E-state index contributed by atoms with van der Waals surface area (Å²) in [6.07, 6.45) is 2.21. The molecule has 4 N–H and O–H groups in total. The monoisotopic (exact) mass is 578 g/mol. The van der Waals surface area contributed by atoms with Crippen molar-refractivity contribution < 1.29 is 32.0 Å². The Kier molecular flexibility index (Phi) is 11.5. The number of para-hydroxylation sites is 2. The average Bonchev–Trinajstić information content (AvgIpc) is 2.91. The fourth-order valence-electron chi connectivity index (χ4n) is 2.92. The van der Waals surface area contributed by atoms with Crippen LogP contribution in [-0.2, 0) is 0 Å². The molecule has 218 valence electrons. The van der Waals surface area contributed by atoms with Crippen LogP contribution in [0.25, 0.3) is 0 Å². The van der Waals surface area contributed by atoms with E-state index in [0.29, 0.717) is 24.6 Å². The van der Waals surface area contributed by atoms with E-state index >= 15 is 0 Å². The van der Waals surface area contributed by atoms with E-state index in [2.05, 4.69) is 30.6 Å². The van der Waals surface area contributed by atoms with Gasteiger partial charge in [0.25, 0.3) is 0 Å². The maximum absolute atomic E-state index is 13.4. The molecule has 16 heteroatoms. The zero-order valence-electron chi connectivity index (χ0n) is 21.0. The number of nitrogens with two attached hydrogens (primary N) is 1. The Morgan fingerprint density at radius 1 is 0.805 bits per heavy atom. The SMILES string of the molecule is C.CCNc1nc(Oc2c(F)cccc2F)ncc1N.CCNc1nc(Oc2c(F)cccc2F)ncc1[N+](=O)[O-]. The molecule has 0 aliphatic heterocycles. The number of hydrogen-bond donors (Lipinski definition) is 3. The normalized spacial score (nSPS) is 10.0. The third kappa shape index (κ3) is 8.35. The topological polar surface area (TPSA) is 163 Å². The number of anilines is 3. The summed E-state index contributed by atoms with van der Waals surface area (Å²) in [5.74, 6) is -4.48. The molecule has 0 atom stereocenters. The number of nitrogens with one attached hydrogen (secondary N) is 2. The molecule has 0 aliphatic carbocycles. The molecule has 4 rings (SSSR count). The van der Waals surface area contributed by atoms with Gasteiger partial charge in [-0.3, -0.25) is 10.1 Å². The molecule has 41 heavy (non-hydrogen) atoms. The first-order chi connectivity index (χ1) is 19.1. The van der Waals surface area contributed by atoms with Gasteiger partial charge in [-0.05, 0) is 38.1 Å². The number of rotatable bonds is 9. The van der Waals surface area contributed by atoms with Crippen molar-refractivity contribution in [1.29, 1.82) is 0 Å². The number of nitro groups is 1. The summed E-state index contributed by atoms with van der Waals surface area (Å²) in [5, 5.41) is 16.3. The second-order valence-electron chi connectivity index (χ2n) is 7.47. The van der Waals surface area contributed by atoms with Gasteiger partial charge in [0.1, 0.15) is 6.20 Å². The fraction of sp³-hybridized carbons (Fsp3) is 0.200. The van der Waals surface area contributed by atoms with Gasteiger partial charge in [-0.25, -0.2) is 22.5 Å². The molecule has 4 aromatic rings. The maximum Gasteiger partial charge on any atom is 0.329 e.